The normalized spacial score (nSPS) is 11.1. The average molecular weight is 385 g/mol. The zero-order valence-electron chi connectivity index (χ0n) is 15.9. The average Bonchev–Trinajstić information content (AvgIpc) is 3.03. The highest BCUT2D eigenvalue weighted by Gasteiger charge is 2.17. The van der Waals surface area contributed by atoms with Gasteiger partial charge in [0.15, 0.2) is 5.16 Å². The molecule has 7 heteroatoms. The fourth-order valence-electron chi connectivity index (χ4n) is 2.92. The van der Waals surface area contributed by atoms with E-state index in [1.165, 1.54) is 11.8 Å². The minimum atomic E-state index is -0.0153. The second-order valence-corrected chi connectivity index (χ2v) is 7.27. The second-order valence-electron chi connectivity index (χ2n) is 6.32. The van der Waals surface area contributed by atoms with Gasteiger partial charge in [-0.15, -0.1) is 0 Å². The monoisotopic (exact) mass is 384 g/mol. The first kappa shape index (κ1) is 19.4. The van der Waals surface area contributed by atoms with Crippen molar-refractivity contribution < 1.29 is 9.53 Å². The molecule has 0 unspecified atom stereocenters. The molecule has 6 nitrogen and oxygen atoms in total. The number of imidazole rings is 1. The van der Waals surface area contributed by atoms with Crippen LogP contribution in [0.4, 0.5) is 0 Å². The van der Waals surface area contributed by atoms with Crippen LogP contribution < -0.4 is 5.32 Å². The van der Waals surface area contributed by atoms with Crippen molar-refractivity contribution in [3.8, 4) is 11.3 Å². The van der Waals surface area contributed by atoms with E-state index in [0.717, 1.165) is 39.6 Å². The molecular weight excluding hydrogens is 360 g/mol. The van der Waals surface area contributed by atoms with E-state index in [4.69, 9.17) is 9.72 Å². The van der Waals surface area contributed by atoms with Crippen molar-refractivity contribution in [2.75, 3.05) is 26.0 Å². The number of nitrogens with one attached hydrogen (secondary N) is 1. The number of carbonyl (C=O) groups is 1. The maximum Gasteiger partial charge on any atom is 0.230 e. The Bertz CT molecular complexity index is 925. The topological polar surface area (TPSA) is 68.5 Å². The molecule has 3 aromatic rings. The maximum atomic E-state index is 12.1. The van der Waals surface area contributed by atoms with E-state index >= 15 is 0 Å². The number of carbonyl (C=O) groups excluding carboxylic acids is 1. The zero-order valence-corrected chi connectivity index (χ0v) is 16.7. The van der Waals surface area contributed by atoms with Crippen LogP contribution in [0, 0.1) is 13.8 Å². The Morgan fingerprint density at radius 3 is 2.78 bits per heavy atom. The molecule has 0 saturated carbocycles. The summed E-state index contributed by atoms with van der Waals surface area (Å²) in [6, 6.07) is 12.1. The van der Waals surface area contributed by atoms with Gasteiger partial charge >= 0.3 is 0 Å². The number of rotatable bonds is 8. The Balaban J connectivity index is 1.84. The molecule has 0 aliphatic heterocycles. The van der Waals surface area contributed by atoms with Crippen LogP contribution in [0.15, 0.2) is 41.6 Å². The van der Waals surface area contributed by atoms with Crippen molar-refractivity contribution in [2.24, 2.45) is 0 Å². The maximum absolute atomic E-state index is 12.1. The van der Waals surface area contributed by atoms with Crippen LogP contribution in [0.2, 0.25) is 0 Å². The molecule has 1 amide bonds. The van der Waals surface area contributed by atoms with Crippen LogP contribution in [0.1, 0.15) is 17.7 Å². The molecule has 142 valence electrons. The molecule has 1 aromatic carbocycles. The van der Waals surface area contributed by atoms with Gasteiger partial charge in [-0.05, 0) is 31.9 Å². The number of ether oxygens (including phenoxy) is 1. The van der Waals surface area contributed by atoms with E-state index in [2.05, 4.69) is 23.4 Å². The molecule has 3 rings (SSSR count). The predicted molar refractivity (Wildman–Crippen MR) is 108 cm³/mol. The number of aromatic nitrogens is 3. The molecular formula is C20H24N4O2S. The van der Waals surface area contributed by atoms with Crippen molar-refractivity contribution >= 4 is 23.2 Å². The molecule has 2 heterocycles. The van der Waals surface area contributed by atoms with Crippen molar-refractivity contribution in [2.45, 2.75) is 25.4 Å². The predicted octanol–water partition coefficient (Wildman–Crippen LogP) is 3.26. The van der Waals surface area contributed by atoms with Gasteiger partial charge in [-0.2, -0.15) is 5.10 Å². The van der Waals surface area contributed by atoms with Crippen LogP contribution in [0.5, 0.6) is 0 Å². The van der Waals surface area contributed by atoms with E-state index in [-0.39, 0.29) is 5.91 Å². The number of methoxy groups -OCH3 is 1. The standard InChI is InChI=1S/C20H24N4O2S/c1-14-12-15(2)23-24-19(14)18(16-8-5-4-6-9-16)22-20(24)27-13-17(25)21-10-7-11-26-3/h4-6,8-9,12H,7,10-11,13H2,1-3H3,(H,21,25). The number of benzene rings is 1. The van der Waals surface area contributed by atoms with Gasteiger partial charge in [-0.3, -0.25) is 4.79 Å². The molecule has 0 saturated heterocycles. The summed E-state index contributed by atoms with van der Waals surface area (Å²) in [6.07, 6.45) is 0.803. The fourth-order valence-corrected chi connectivity index (χ4v) is 3.70. The molecule has 0 radical (unpaired) electrons. The Hall–Kier alpha value is -2.38. The fraction of sp³-hybridized carbons (Fsp3) is 0.350. The number of hydrogen-bond donors (Lipinski definition) is 1. The Labute approximate surface area is 163 Å². The number of thioether (sulfide) groups is 1. The molecule has 0 aliphatic carbocycles. The smallest absolute Gasteiger partial charge is 0.230 e. The summed E-state index contributed by atoms with van der Waals surface area (Å²) in [5.74, 6) is 0.285. The first-order chi connectivity index (χ1) is 13.1. The van der Waals surface area contributed by atoms with Crippen LogP contribution in [0.3, 0.4) is 0 Å². The van der Waals surface area contributed by atoms with Gasteiger partial charge in [-0.1, -0.05) is 42.1 Å². The molecule has 0 fully saturated rings. The second kappa shape index (κ2) is 9.01. The number of nitrogens with zero attached hydrogens (tertiary/aromatic N) is 3. The van der Waals surface area contributed by atoms with Crippen LogP contribution in [-0.2, 0) is 9.53 Å². The molecule has 1 N–H and O–H groups in total. The van der Waals surface area contributed by atoms with Gasteiger partial charge < -0.3 is 10.1 Å². The lowest BCUT2D eigenvalue weighted by Gasteiger charge is -2.05. The van der Waals surface area contributed by atoms with Crippen molar-refractivity contribution in [3.63, 3.8) is 0 Å². The van der Waals surface area contributed by atoms with Gasteiger partial charge in [-0.25, -0.2) is 9.50 Å². The molecule has 0 bridgehead atoms. The number of amides is 1. The zero-order chi connectivity index (χ0) is 19.2. The Morgan fingerprint density at radius 2 is 2.04 bits per heavy atom. The molecule has 0 aliphatic rings. The summed E-state index contributed by atoms with van der Waals surface area (Å²) in [5, 5.41) is 8.26. The third-order valence-electron chi connectivity index (χ3n) is 4.11. The molecule has 2 aromatic heterocycles. The summed E-state index contributed by atoms with van der Waals surface area (Å²) >= 11 is 1.40. The minimum absolute atomic E-state index is 0.0153. The highest BCUT2D eigenvalue weighted by molar-refractivity contribution is 7.99. The number of hydrogen-bond acceptors (Lipinski definition) is 5. The van der Waals surface area contributed by atoms with Gasteiger partial charge in [0.1, 0.15) is 0 Å². The van der Waals surface area contributed by atoms with Crippen LogP contribution in [-0.4, -0.2) is 46.5 Å². The summed E-state index contributed by atoms with van der Waals surface area (Å²) in [4.78, 5) is 16.9. The minimum Gasteiger partial charge on any atom is -0.385 e. The lowest BCUT2D eigenvalue weighted by atomic mass is 10.1. The molecule has 27 heavy (non-hydrogen) atoms. The van der Waals surface area contributed by atoms with Gasteiger partial charge in [0.25, 0.3) is 0 Å². The summed E-state index contributed by atoms with van der Waals surface area (Å²) < 4.78 is 6.85. The van der Waals surface area contributed by atoms with Crippen molar-refractivity contribution in [3.05, 3.63) is 47.7 Å². The summed E-state index contributed by atoms with van der Waals surface area (Å²) in [5.41, 5.74) is 4.95. The van der Waals surface area contributed by atoms with Crippen LogP contribution in [0.25, 0.3) is 16.8 Å². The van der Waals surface area contributed by atoms with Gasteiger partial charge in [0.2, 0.25) is 5.91 Å². The third kappa shape index (κ3) is 4.67. The van der Waals surface area contributed by atoms with E-state index < -0.39 is 0 Å². The van der Waals surface area contributed by atoms with E-state index in [0.29, 0.717) is 18.9 Å². The summed E-state index contributed by atoms with van der Waals surface area (Å²) in [6.45, 7) is 5.28. The third-order valence-corrected chi connectivity index (χ3v) is 5.04. The highest BCUT2D eigenvalue weighted by atomic mass is 32.2. The van der Waals surface area contributed by atoms with Crippen molar-refractivity contribution in [1.82, 2.24) is 19.9 Å². The summed E-state index contributed by atoms with van der Waals surface area (Å²) in [7, 11) is 1.66. The van der Waals surface area contributed by atoms with E-state index in [1.807, 2.05) is 41.8 Å². The van der Waals surface area contributed by atoms with E-state index in [1.54, 1.807) is 7.11 Å². The lowest BCUT2D eigenvalue weighted by molar-refractivity contribution is -0.118. The largest absolute Gasteiger partial charge is 0.385 e. The van der Waals surface area contributed by atoms with Crippen molar-refractivity contribution in [1.29, 1.82) is 0 Å². The number of aryl methyl sites for hydroxylation is 2. The Morgan fingerprint density at radius 1 is 1.26 bits per heavy atom. The van der Waals surface area contributed by atoms with Crippen LogP contribution >= 0.6 is 11.8 Å². The Kier molecular flexibility index (Phi) is 6.47. The van der Waals surface area contributed by atoms with Gasteiger partial charge in [0.05, 0.1) is 22.7 Å². The SMILES string of the molecule is COCCCNC(=O)CSc1nc(-c2ccccc2)c2c(C)cc(C)nn12. The lowest BCUT2D eigenvalue weighted by Crippen LogP contribution is -2.26. The van der Waals surface area contributed by atoms with Gasteiger partial charge in [0, 0.05) is 25.8 Å². The van der Waals surface area contributed by atoms with E-state index in [9.17, 15) is 4.79 Å². The number of fused-ring (bicyclic) bond motifs is 1. The highest BCUT2D eigenvalue weighted by Crippen LogP contribution is 2.30. The molecule has 0 atom stereocenters. The quantitative estimate of drug-likeness (QED) is 0.477. The first-order valence-corrected chi connectivity index (χ1v) is 9.89. The molecule has 0 spiro atoms. The first-order valence-electron chi connectivity index (χ1n) is 8.91.